The van der Waals surface area contributed by atoms with E-state index >= 15 is 4.79 Å². The highest BCUT2D eigenvalue weighted by Crippen LogP contribution is 2.45. The van der Waals surface area contributed by atoms with Gasteiger partial charge in [0, 0.05) is 31.3 Å². The minimum absolute atomic E-state index is 0.00588. The first-order chi connectivity index (χ1) is 37.2. The Morgan fingerprint density at radius 2 is 1.01 bits per heavy atom. The van der Waals surface area contributed by atoms with Gasteiger partial charge in [0.2, 0.25) is 11.8 Å². The number of carbonyl (C=O) groups is 2. The van der Waals surface area contributed by atoms with Gasteiger partial charge < -0.3 is 43.7 Å². The number of carbonyl (C=O) groups excluding carboxylic acids is 2. The number of likely N-dealkylation sites (tertiary alicyclic amines) is 1. The van der Waals surface area contributed by atoms with Gasteiger partial charge in [-0.15, -0.1) is 0 Å². The van der Waals surface area contributed by atoms with Crippen LogP contribution in [0.15, 0.2) is 187 Å². The Morgan fingerprint density at radius 3 is 1.46 bits per heavy atom. The Kier molecular flexibility index (Phi) is 19.9. The van der Waals surface area contributed by atoms with Crippen LogP contribution in [0.5, 0.6) is 23.0 Å². The normalized spacial score (nSPS) is 15.5. The molecule has 0 radical (unpaired) electrons. The summed E-state index contributed by atoms with van der Waals surface area (Å²) in [6.07, 6.45) is 3.65. The van der Waals surface area contributed by atoms with E-state index in [0.29, 0.717) is 61.0 Å². The topological polar surface area (TPSA) is 138 Å². The van der Waals surface area contributed by atoms with Crippen LogP contribution in [0.1, 0.15) is 71.9 Å². The molecule has 0 saturated carbocycles. The second-order valence-electron chi connectivity index (χ2n) is 18.4. The van der Waals surface area contributed by atoms with Gasteiger partial charge in [-0.25, -0.2) is 4.98 Å². The van der Waals surface area contributed by atoms with Crippen LogP contribution in [0.2, 0.25) is 0 Å². The summed E-state index contributed by atoms with van der Waals surface area (Å²) in [6, 6.07) is 55.8. The third-order valence-corrected chi connectivity index (χ3v) is 16.2. The second kappa shape index (κ2) is 27.3. The minimum atomic E-state index is -1.20. The van der Waals surface area contributed by atoms with E-state index in [-0.39, 0.29) is 37.9 Å². The highest BCUT2D eigenvalue weighted by atomic mass is 33.1. The number of aliphatic hydroxyl groups excluding tert-OH is 1. The molecule has 7 aromatic rings. The fraction of sp³-hybridized carbons (Fsp3) is 0.306. The molecule has 0 aliphatic carbocycles. The molecule has 396 valence electrons. The fourth-order valence-electron chi connectivity index (χ4n) is 9.97. The summed E-state index contributed by atoms with van der Waals surface area (Å²) < 4.78 is 37.2. The number of hydrogen-bond acceptors (Lipinski definition) is 12. The van der Waals surface area contributed by atoms with Crippen LogP contribution in [0.4, 0.5) is 0 Å². The number of aliphatic hydroxyl groups is 1. The fourth-order valence-corrected chi connectivity index (χ4v) is 11.8. The van der Waals surface area contributed by atoms with Crippen molar-refractivity contribution in [3.63, 3.8) is 0 Å². The second-order valence-corrected chi connectivity index (χ2v) is 20.9. The van der Waals surface area contributed by atoms with Gasteiger partial charge >= 0.3 is 0 Å². The van der Waals surface area contributed by atoms with Gasteiger partial charge in [0.15, 0.2) is 0 Å². The summed E-state index contributed by atoms with van der Waals surface area (Å²) in [6.45, 7) is 0.552. The minimum Gasteiger partial charge on any atom is -0.497 e. The number of benzene rings is 6. The maximum atomic E-state index is 15.1. The molecule has 0 unspecified atom stereocenters. The number of aromatic nitrogens is 1. The SMILES string of the molecule is COc1ccc(C(OC[C@@H]2C[C@@H](O)[C@@H](COC(c3ccccc3)(c3ccc(OC)cc3)c3ccc(OC)cc3)N2C(=O)CCCCCNC(=O)CCSSc2ccccn2)(c2ccccc2)c2ccc(OC)cc2)cc1. The maximum absolute atomic E-state index is 15.1. The van der Waals surface area contributed by atoms with Gasteiger partial charge in [-0.3, -0.25) is 9.59 Å². The highest BCUT2D eigenvalue weighted by molar-refractivity contribution is 8.76. The Labute approximate surface area is 454 Å². The molecule has 76 heavy (non-hydrogen) atoms. The summed E-state index contributed by atoms with van der Waals surface area (Å²) in [5.74, 6) is 3.31. The lowest BCUT2D eigenvalue weighted by Gasteiger charge is -2.40. The third-order valence-electron chi connectivity index (χ3n) is 13.9. The van der Waals surface area contributed by atoms with Crippen LogP contribution < -0.4 is 24.3 Å². The Morgan fingerprint density at radius 1 is 0.566 bits per heavy atom. The molecular formula is C62H67N3O9S2. The largest absolute Gasteiger partial charge is 0.497 e. The molecule has 2 amide bonds. The maximum Gasteiger partial charge on any atom is 0.223 e. The Balaban J connectivity index is 1.09. The molecule has 1 fully saturated rings. The van der Waals surface area contributed by atoms with Gasteiger partial charge in [0.05, 0.1) is 59.8 Å². The summed E-state index contributed by atoms with van der Waals surface area (Å²) in [5, 5.41) is 16.4. The molecule has 0 bridgehead atoms. The van der Waals surface area contributed by atoms with Crippen molar-refractivity contribution >= 4 is 33.4 Å². The molecule has 2 heterocycles. The third kappa shape index (κ3) is 13.2. The van der Waals surface area contributed by atoms with Crippen molar-refractivity contribution in [2.75, 3.05) is 54.0 Å². The van der Waals surface area contributed by atoms with E-state index in [4.69, 9.17) is 28.4 Å². The summed E-state index contributed by atoms with van der Waals surface area (Å²) in [5.41, 5.74) is 2.73. The highest BCUT2D eigenvalue weighted by Gasteiger charge is 2.48. The van der Waals surface area contributed by atoms with E-state index in [1.54, 1.807) is 56.2 Å². The van der Waals surface area contributed by atoms with E-state index in [9.17, 15) is 9.90 Å². The molecule has 8 rings (SSSR count). The first-order valence-corrected chi connectivity index (χ1v) is 28.0. The van der Waals surface area contributed by atoms with E-state index < -0.39 is 29.4 Å². The number of methoxy groups -OCH3 is 4. The predicted octanol–water partition coefficient (Wildman–Crippen LogP) is 11.3. The molecule has 1 aliphatic heterocycles. The molecule has 3 atom stereocenters. The van der Waals surface area contributed by atoms with Crippen molar-refractivity contribution in [1.29, 1.82) is 0 Å². The van der Waals surface area contributed by atoms with Crippen molar-refractivity contribution in [2.45, 2.75) is 72.9 Å². The van der Waals surface area contributed by atoms with E-state index in [0.717, 1.165) is 38.4 Å². The smallest absolute Gasteiger partial charge is 0.223 e. The van der Waals surface area contributed by atoms with Gasteiger partial charge in [0.1, 0.15) is 39.2 Å². The van der Waals surface area contributed by atoms with Crippen molar-refractivity contribution in [3.8, 4) is 23.0 Å². The standard InChI is InChI=1S/C62H67N3O9S2/c1-69-52-30-22-47(23-31-52)61(45-16-8-5-9-17-45,48-24-32-53(70-2)33-25-48)73-43-51-42-57(66)56(65(51)60(68)21-12-7-14-39-63-58(67)38-41-75-76-59-20-13-15-40-64-59)44-74-62(46-18-10-6-11-19-46,49-26-34-54(71-3)35-27-49)50-28-36-55(72-4)37-29-50/h5-6,8-11,13,15-20,22-37,40,51,56-57,66H,7,12,14,21,38-39,41-44H2,1-4H3,(H,63,67)/t51-,56+,57+/m0/s1. The van der Waals surface area contributed by atoms with Crippen molar-refractivity contribution in [1.82, 2.24) is 15.2 Å². The van der Waals surface area contributed by atoms with E-state index in [1.165, 1.54) is 0 Å². The number of amides is 2. The molecule has 0 spiro atoms. The lowest BCUT2D eigenvalue weighted by atomic mass is 9.80. The lowest BCUT2D eigenvalue weighted by Crippen LogP contribution is -2.49. The number of nitrogens with one attached hydrogen (secondary N) is 1. The Bertz CT molecular complexity index is 2770. The van der Waals surface area contributed by atoms with Gasteiger partial charge in [-0.05, 0) is 124 Å². The molecule has 6 aromatic carbocycles. The number of nitrogens with zero attached hydrogens (tertiary/aromatic N) is 2. The van der Waals surface area contributed by atoms with Crippen molar-refractivity contribution in [3.05, 3.63) is 216 Å². The first-order valence-electron chi connectivity index (χ1n) is 25.7. The van der Waals surface area contributed by atoms with Crippen molar-refractivity contribution < 1.29 is 43.1 Å². The zero-order valence-corrected chi connectivity index (χ0v) is 45.2. The van der Waals surface area contributed by atoms with Crippen molar-refractivity contribution in [2.24, 2.45) is 0 Å². The van der Waals surface area contributed by atoms with Crippen LogP contribution in [-0.4, -0.2) is 98.9 Å². The van der Waals surface area contributed by atoms with E-state index in [1.807, 2.05) is 181 Å². The average molecular weight is 1060 g/mol. The van der Waals surface area contributed by atoms with Crippen LogP contribution in [0.25, 0.3) is 0 Å². The molecule has 12 nitrogen and oxygen atoms in total. The number of ether oxygens (including phenoxy) is 6. The predicted molar refractivity (Wildman–Crippen MR) is 300 cm³/mol. The number of rotatable bonds is 27. The molecule has 2 N–H and O–H groups in total. The molecule has 1 saturated heterocycles. The first kappa shape index (κ1) is 55.4. The number of unbranched alkanes of at least 4 members (excludes halogenated alkanes) is 2. The molecular weight excluding hydrogens is 995 g/mol. The monoisotopic (exact) mass is 1060 g/mol. The Hall–Kier alpha value is -6.81. The summed E-state index contributed by atoms with van der Waals surface area (Å²) in [4.78, 5) is 34.0. The summed E-state index contributed by atoms with van der Waals surface area (Å²) >= 11 is 0. The average Bonchev–Trinajstić information content (AvgIpc) is 3.81. The lowest BCUT2D eigenvalue weighted by molar-refractivity contribution is -0.140. The van der Waals surface area contributed by atoms with Gasteiger partial charge in [-0.2, -0.15) is 0 Å². The van der Waals surface area contributed by atoms with Crippen LogP contribution in [0.3, 0.4) is 0 Å². The van der Waals surface area contributed by atoms with E-state index in [2.05, 4.69) is 10.3 Å². The van der Waals surface area contributed by atoms with Gasteiger partial charge in [0.25, 0.3) is 0 Å². The molecule has 14 heteroatoms. The zero-order valence-electron chi connectivity index (χ0n) is 43.5. The van der Waals surface area contributed by atoms with Crippen LogP contribution >= 0.6 is 21.6 Å². The quantitative estimate of drug-likeness (QED) is 0.0288. The molecule has 1 aromatic heterocycles. The number of pyridine rings is 1. The zero-order chi connectivity index (χ0) is 53.2. The number of hydrogen-bond donors (Lipinski definition) is 2. The van der Waals surface area contributed by atoms with Crippen LogP contribution in [0, 0.1) is 0 Å². The van der Waals surface area contributed by atoms with Gasteiger partial charge in [-0.1, -0.05) is 132 Å². The molecule has 1 aliphatic rings. The summed E-state index contributed by atoms with van der Waals surface area (Å²) in [7, 11) is 9.71. The van der Waals surface area contributed by atoms with Crippen LogP contribution in [-0.2, 0) is 30.3 Å².